The number of aliphatic carboxylic acids is 2. The summed E-state index contributed by atoms with van der Waals surface area (Å²) >= 11 is 4.90. The van der Waals surface area contributed by atoms with Crippen molar-refractivity contribution in [2.75, 3.05) is 12.3 Å². The van der Waals surface area contributed by atoms with Crippen LogP contribution in [0.25, 0.3) is 0 Å². The summed E-state index contributed by atoms with van der Waals surface area (Å²) < 4.78 is 0. The lowest BCUT2D eigenvalue weighted by atomic mass is 10.2. The smallest absolute Gasteiger partial charge is 0.303 e. The predicted molar refractivity (Wildman–Crippen MR) is 60.0 cm³/mol. The van der Waals surface area contributed by atoms with Gasteiger partial charge in [0.25, 0.3) is 0 Å². The molecule has 0 aliphatic rings. The maximum Gasteiger partial charge on any atom is 0.303 e. The highest BCUT2D eigenvalue weighted by Gasteiger charge is 2.14. The lowest BCUT2D eigenvalue weighted by Crippen LogP contribution is -2.02. The van der Waals surface area contributed by atoms with Crippen LogP contribution in [0, 0.1) is 0 Å². The highest BCUT2D eigenvalue weighted by Crippen LogP contribution is 2.42. The van der Waals surface area contributed by atoms with Crippen molar-refractivity contribution in [2.45, 2.75) is 25.7 Å². The van der Waals surface area contributed by atoms with Crippen LogP contribution in [-0.4, -0.2) is 39.4 Å². The van der Waals surface area contributed by atoms with Crippen molar-refractivity contribution in [1.29, 1.82) is 0 Å². The summed E-state index contributed by atoms with van der Waals surface area (Å²) in [6, 6.07) is 0. The molecule has 88 valence electrons. The van der Waals surface area contributed by atoms with E-state index < -0.39 is 18.2 Å². The molecule has 15 heavy (non-hydrogen) atoms. The van der Waals surface area contributed by atoms with Crippen molar-refractivity contribution in [2.24, 2.45) is 0 Å². The molecule has 7 heteroatoms. The predicted octanol–water partition coefficient (Wildman–Crippen LogP) is 1.10. The maximum atomic E-state index is 10.2. The molecule has 0 aromatic carbocycles. The summed E-state index contributed by atoms with van der Waals surface area (Å²) in [5.74, 6) is -1.84. The minimum absolute atomic E-state index is 0.0638. The summed E-state index contributed by atoms with van der Waals surface area (Å²) in [6.45, 7) is 0. The molecule has 0 spiro atoms. The van der Waals surface area contributed by atoms with Crippen LogP contribution >= 0.6 is 6.26 Å². The lowest BCUT2D eigenvalue weighted by Gasteiger charge is -2.13. The van der Waals surface area contributed by atoms with Crippen molar-refractivity contribution in [3.05, 3.63) is 0 Å². The van der Waals surface area contributed by atoms with E-state index in [1.165, 1.54) is 0 Å². The van der Waals surface area contributed by atoms with E-state index in [2.05, 4.69) is 0 Å². The second-order valence-electron chi connectivity index (χ2n) is 3.29. The van der Waals surface area contributed by atoms with Crippen molar-refractivity contribution >= 4 is 30.0 Å². The van der Waals surface area contributed by atoms with Crippen molar-refractivity contribution in [1.82, 2.24) is 0 Å². The number of carboxylic acid groups (broad SMARTS) is 2. The molecule has 0 saturated carbocycles. The van der Waals surface area contributed by atoms with E-state index in [0.29, 0.717) is 19.0 Å². The molecule has 5 nitrogen and oxygen atoms in total. The normalized spacial score (nSPS) is 14.5. The Morgan fingerprint density at radius 1 is 1.00 bits per heavy atom. The van der Waals surface area contributed by atoms with E-state index in [0.717, 1.165) is 0 Å². The standard InChI is InChI=1S/C8H15O5PS/c9-7(10)3-1-2-5-14(13,15)6-4-8(11)12/h1-6H2,(H,9,10)(H,11,12)(H,13,15). The molecule has 0 aliphatic carbocycles. The Hall–Kier alpha value is -0.450. The second-order valence-corrected chi connectivity index (χ2v) is 7.91. The maximum absolute atomic E-state index is 10.2. The largest absolute Gasteiger partial charge is 0.481 e. The monoisotopic (exact) mass is 254 g/mol. The van der Waals surface area contributed by atoms with Crippen LogP contribution in [0.1, 0.15) is 25.7 Å². The van der Waals surface area contributed by atoms with Crippen LogP contribution in [0.3, 0.4) is 0 Å². The van der Waals surface area contributed by atoms with Gasteiger partial charge in [-0.15, -0.1) is 0 Å². The summed E-state index contributed by atoms with van der Waals surface area (Å²) in [4.78, 5) is 30.1. The van der Waals surface area contributed by atoms with Gasteiger partial charge in [0.15, 0.2) is 0 Å². The van der Waals surface area contributed by atoms with Gasteiger partial charge < -0.3 is 15.1 Å². The first-order valence-corrected chi connectivity index (χ1v) is 7.70. The fourth-order valence-corrected chi connectivity index (χ4v) is 3.16. The fraction of sp³-hybridized carbons (Fsp3) is 0.750. The third-order valence-electron chi connectivity index (χ3n) is 1.82. The van der Waals surface area contributed by atoms with Gasteiger partial charge in [-0.1, -0.05) is 11.8 Å². The van der Waals surface area contributed by atoms with Crippen molar-refractivity contribution in [3.63, 3.8) is 0 Å². The fourth-order valence-electron chi connectivity index (χ4n) is 1.02. The molecule has 0 heterocycles. The molecule has 3 N–H and O–H groups in total. The third-order valence-corrected chi connectivity index (χ3v) is 4.86. The Morgan fingerprint density at radius 3 is 2.00 bits per heavy atom. The Labute approximate surface area is 93.2 Å². The Kier molecular flexibility index (Phi) is 6.72. The Bertz CT molecular complexity index is 278. The van der Waals surface area contributed by atoms with E-state index in [1.807, 2.05) is 0 Å². The SMILES string of the molecule is O=C(O)CCCCP(O)(=S)CCC(=O)O. The number of carbonyl (C=O) groups is 2. The Morgan fingerprint density at radius 2 is 1.53 bits per heavy atom. The summed E-state index contributed by atoms with van der Waals surface area (Å²) in [6.07, 6.45) is -1.09. The first-order valence-electron chi connectivity index (χ1n) is 4.58. The van der Waals surface area contributed by atoms with E-state index in [9.17, 15) is 14.5 Å². The van der Waals surface area contributed by atoms with Crippen LogP contribution < -0.4 is 0 Å². The molecule has 0 aromatic rings. The summed E-state index contributed by atoms with van der Waals surface area (Å²) in [7, 11) is 0. The van der Waals surface area contributed by atoms with Gasteiger partial charge in [0.1, 0.15) is 0 Å². The average molecular weight is 254 g/mol. The van der Waals surface area contributed by atoms with E-state index in [-0.39, 0.29) is 19.0 Å². The molecule has 1 unspecified atom stereocenters. The Balaban J connectivity index is 3.69. The molecule has 0 fully saturated rings. The van der Waals surface area contributed by atoms with Gasteiger partial charge in [0, 0.05) is 12.6 Å². The molecule has 1 atom stereocenters. The molecular weight excluding hydrogens is 239 g/mol. The van der Waals surface area contributed by atoms with Crippen LogP contribution in [0.15, 0.2) is 0 Å². The number of unbranched alkanes of at least 4 members (excludes halogenated alkanes) is 1. The molecule has 0 saturated heterocycles. The van der Waals surface area contributed by atoms with Crippen LogP contribution in [-0.2, 0) is 21.4 Å². The number of carboxylic acids is 2. The van der Waals surface area contributed by atoms with Gasteiger partial charge in [-0.05, 0) is 19.0 Å². The first-order chi connectivity index (χ1) is 6.83. The first kappa shape index (κ1) is 14.6. The zero-order valence-corrected chi connectivity index (χ0v) is 9.97. The van der Waals surface area contributed by atoms with Gasteiger partial charge in [-0.25, -0.2) is 0 Å². The molecule has 0 aliphatic heterocycles. The van der Waals surface area contributed by atoms with Gasteiger partial charge in [0.2, 0.25) is 0 Å². The summed E-state index contributed by atoms with van der Waals surface area (Å²) in [5, 5.41) is 16.8. The van der Waals surface area contributed by atoms with Crippen LogP contribution in [0.4, 0.5) is 0 Å². The minimum Gasteiger partial charge on any atom is -0.481 e. The van der Waals surface area contributed by atoms with Crippen molar-refractivity contribution < 1.29 is 24.7 Å². The van der Waals surface area contributed by atoms with Gasteiger partial charge in [0.05, 0.1) is 12.7 Å². The minimum atomic E-state index is -2.55. The second kappa shape index (κ2) is 6.93. The molecule has 0 amide bonds. The van der Waals surface area contributed by atoms with Crippen molar-refractivity contribution in [3.8, 4) is 0 Å². The number of rotatable bonds is 8. The van der Waals surface area contributed by atoms with E-state index in [4.69, 9.17) is 22.0 Å². The van der Waals surface area contributed by atoms with Crippen LogP contribution in [0.5, 0.6) is 0 Å². The van der Waals surface area contributed by atoms with Gasteiger partial charge in [-0.3, -0.25) is 9.59 Å². The average Bonchev–Trinajstić information content (AvgIpc) is 2.09. The zero-order chi connectivity index (χ0) is 11.9. The highest BCUT2D eigenvalue weighted by molar-refractivity contribution is 8.11. The van der Waals surface area contributed by atoms with E-state index >= 15 is 0 Å². The molecule has 0 bridgehead atoms. The van der Waals surface area contributed by atoms with Gasteiger partial charge >= 0.3 is 11.9 Å². The topological polar surface area (TPSA) is 94.8 Å². The third kappa shape index (κ3) is 9.85. The quantitative estimate of drug-likeness (QED) is 0.443. The number of hydrogen-bond donors (Lipinski definition) is 3. The molecule has 0 radical (unpaired) electrons. The van der Waals surface area contributed by atoms with E-state index in [1.54, 1.807) is 0 Å². The zero-order valence-electron chi connectivity index (χ0n) is 8.26. The number of hydrogen-bond acceptors (Lipinski definition) is 3. The highest BCUT2D eigenvalue weighted by atomic mass is 32.4. The molecule has 0 aromatic heterocycles. The summed E-state index contributed by atoms with van der Waals surface area (Å²) in [5.41, 5.74) is 0. The van der Waals surface area contributed by atoms with Gasteiger partial charge in [-0.2, -0.15) is 0 Å². The lowest BCUT2D eigenvalue weighted by molar-refractivity contribution is -0.137. The van der Waals surface area contributed by atoms with Crippen LogP contribution in [0.2, 0.25) is 0 Å². The molecule has 0 rings (SSSR count). The molecular formula is C8H15O5PS.